The molecule has 1 aliphatic rings. The molecule has 6 nitrogen and oxygen atoms in total. The Kier molecular flexibility index (Phi) is 5.19. The lowest BCUT2D eigenvalue weighted by molar-refractivity contribution is 0.243. The Morgan fingerprint density at radius 1 is 1.30 bits per heavy atom. The second-order valence-corrected chi connectivity index (χ2v) is 6.66. The van der Waals surface area contributed by atoms with Crippen LogP contribution in [0, 0.1) is 0 Å². The van der Waals surface area contributed by atoms with Gasteiger partial charge in [-0.25, -0.2) is 4.79 Å². The van der Waals surface area contributed by atoms with Gasteiger partial charge in [0.2, 0.25) is 5.13 Å². The smallest absolute Gasteiger partial charge is 0.321 e. The third kappa shape index (κ3) is 4.49. The lowest BCUT2D eigenvalue weighted by atomic mass is 10.0. The predicted octanol–water partition coefficient (Wildman–Crippen LogP) is 3.05. The van der Waals surface area contributed by atoms with Crippen LogP contribution in [0.3, 0.4) is 0 Å². The topological polar surface area (TPSA) is 87.1 Å². The molecule has 1 aliphatic carbocycles. The van der Waals surface area contributed by atoms with Gasteiger partial charge in [-0.05, 0) is 31.2 Å². The maximum absolute atomic E-state index is 12.2. The quantitative estimate of drug-likeness (QED) is 0.727. The predicted molar refractivity (Wildman–Crippen MR) is 89.5 cm³/mol. The number of carbonyl (C=O) groups is 1. The van der Waals surface area contributed by atoms with E-state index in [-0.39, 0.29) is 18.7 Å². The van der Waals surface area contributed by atoms with Crippen molar-refractivity contribution in [3.63, 3.8) is 0 Å². The number of carbonyl (C=O) groups excluding carboxylic acids is 1. The number of benzene rings is 1. The van der Waals surface area contributed by atoms with Crippen molar-refractivity contribution in [2.24, 2.45) is 0 Å². The highest BCUT2D eigenvalue weighted by Crippen LogP contribution is 2.42. The molecule has 0 spiro atoms. The van der Waals surface area contributed by atoms with Gasteiger partial charge in [-0.15, -0.1) is 10.2 Å². The summed E-state index contributed by atoms with van der Waals surface area (Å²) in [6, 6.07) is 9.32. The number of hydrogen-bond donors (Lipinski definition) is 3. The minimum Gasteiger partial charge on any atom is -0.396 e. The molecule has 0 bridgehead atoms. The Bertz CT molecular complexity index is 643. The van der Waals surface area contributed by atoms with Gasteiger partial charge >= 0.3 is 6.03 Å². The highest BCUT2D eigenvalue weighted by molar-refractivity contribution is 7.15. The van der Waals surface area contributed by atoms with Gasteiger partial charge in [0, 0.05) is 12.5 Å². The van der Waals surface area contributed by atoms with Crippen molar-refractivity contribution in [1.82, 2.24) is 15.5 Å². The molecule has 1 heterocycles. The Labute approximate surface area is 139 Å². The van der Waals surface area contributed by atoms with E-state index in [1.54, 1.807) is 0 Å². The highest BCUT2D eigenvalue weighted by Gasteiger charge is 2.27. The molecular weight excluding hydrogens is 312 g/mol. The summed E-state index contributed by atoms with van der Waals surface area (Å²) >= 11 is 1.44. The summed E-state index contributed by atoms with van der Waals surface area (Å²) in [7, 11) is 0. The number of anilines is 1. The second-order valence-electron chi connectivity index (χ2n) is 5.65. The third-order valence-electron chi connectivity index (χ3n) is 3.75. The lowest BCUT2D eigenvalue weighted by Gasteiger charge is -2.18. The molecule has 1 saturated carbocycles. The molecule has 3 N–H and O–H groups in total. The normalized spacial score (nSPS) is 15.2. The van der Waals surface area contributed by atoms with Crippen LogP contribution in [0.15, 0.2) is 30.3 Å². The van der Waals surface area contributed by atoms with E-state index in [1.165, 1.54) is 11.3 Å². The summed E-state index contributed by atoms with van der Waals surface area (Å²) in [4.78, 5) is 12.2. The number of hydrogen-bond acceptors (Lipinski definition) is 5. The molecule has 3 rings (SSSR count). The fourth-order valence-corrected chi connectivity index (χ4v) is 3.28. The van der Waals surface area contributed by atoms with Crippen LogP contribution in [0.25, 0.3) is 0 Å². The molecule has 1 aromatic carbocycles. The molecule has 1 aromatic heterocycles. The molecule has 23 heavy (non-hydrogen) atoms. The number of aromatic nitrogens is 2. The van der Waals surface area contributed by atoms with E-state index in [1.807, 2.05) is 30.3 Å². The van der Waals surface area contributed by atoms with Crippen LogP contribution < -0.4 is 10.6 Å². The average molecular weight is 332 g/mol. The number of nitrogens with zero attached hydrogens (tertiary/aromatic N) is 2. The van der Waals surface area contributed by atoms with Gasteiger partial charge in [-0.3, -0.25) is 5.32 Å². The minimum absolute atomic E-state index is 0.105. The molecule has 0 radical (unpaired) electrons. The van der Waals surface area contributed by atoms with Crippen molar-refractivity contribution < 1.29 is 9.90 Å². The van der Waals surface area contributed by atoms with Crippen molar-refractivity contribution in [2.75, 3.05) is 11.9 Å². The summed E-state index contributed by atoms with van der Waals surface area (Å²) in [6.07, 6.45) is 3.64. The molecule has 0 aliphatic heterocycles. The van der Waals surface area contributed by atoms with Gasteiger partial charge < -0.3 is 10.4 Å². The average Bonchev–Trinajstić information content (AvgIpc) is 3.32. The Morgan fingerprint density at radius 2 is 2.09 bits per heavy atom. The zero-order valence-corrected chi connectivity index (χ0v) is 13.6. The van der Waals surface area contributed by atoms with E-state index in [2.05, 4.69) is 20.8 Å². The zero-order chi connectivity index (χ0) is 16.1. The molecule has 122 valence electrons. The van der Waals surface area contributed by atoms with Crippen LogP contribution in [0.2, 0.25) is 0 Å². The number of aliphatic hydroxyl groups excluding tert-OH is 1. The standard InChI is InChI=1S/C16H20N4O2S/c21-10-4-7-13(11-5-2-1-3-6-11)17-15(22)18-16-20-19-14(23-16)12-8-9-12/h1-3,5-6,12-13,21H,4,7-10H2,(H2,17,18,20,22). The van der Waals surface area contributed by atoms with Crippen LogP contribution in [0.4, 0.5) is 9.93 Å². The number of aliphatic hydroxyl groups is 1. The van der Waals surface area contributed by atoms with Crippen molar-refractivity contribution in [2.45, 2.75) is 37.6 Å². The summed E-state index contributed by atoms with van der Waals surface area (Å²) < 4.78 is 0. The highest BCUT2D eigenvalue weighted by atomic mass is 32.1. The molecule has 2 aromatic rings. The van der Waals surface area contributed by atoms with Gasteiger partial charge in [0.1, 0.15) is 5.01 Å². The summed E-state index contributed by atoms with van der Waals surface area (Å²) in [5.41, 5.74) is 1.02. The number of amides is 2. The van der Waals surface area contributed by atoms with Gasteiger partial charge in [0.15, 0.2) is 0 Å². The van der Waals surface area contributed by atoms with E-state index >= 15 is 0 Å². The number of rotatable bonds is 7. The van der Waals surface area contributed by atoms with E-state index in [4.69, 9.17) is 5.11 Å². The minimum atomic E-state index is -0.296. The van der Waals surface area contributed by atoms with Crippen LogP contribution >= 0.6 is 11.3 Å². The fraction of sp³-hybridized carbons (Fsp3) is 0.438. The van der Waals surface area contributed by atoms with E-state index in [0.29, 0.717) is 23.9 Å². The maximum atomic E-state index is 12.2. The first-order valence-corrected chi connectivity index (χ1v) is 8.64. The zero-order valence-electron chi connectivity index (χ0n) is 12.7. The van der Waals surface area contributed by atoms with E-state index in [9.17, 15) is 4.79 Å². The Morgan fingerprint density at radius 3 is 2.78 bits per heavy atom. The van der Waals surface area contributed by atoms with E-state index in [0.717, 1.165) is 23.4 Å². The van der Waals surface area contributed by atoms with Gasteiger partial charge in [0.25, 0.3) is 0 Å². The molecule has 1 fully saturated rings. The van der Waals surface area contributed by atoms with E-state index < -0.39 is 0 Å². The first-order valence-electron chi connectivity index (χ1n) is 7.83. The van der Waals surface area contributed by atoms with Gasteiger partial charge in [0.05, 0.1) is 6.04 Å². The fourth-order valence-electron chi connectivity index (χ4n) is 2.37. The van der Waals surface area contributed by atoms with Crippen LogP contribution in [0.5, 0.6) is 0 Å². The number of nitrogens with one attached hydrogen (secondary N) is 2. The van der Waals surface area contributed by atoms with Gasteiger partial charge in [-0.2, -0.15) is 0 Å². The SMILES string of the molecule is O=C(Nc1nnc(C2CC2)s1)NC(CCCO)c1ccccc1. The van der Waals surface area contributed by atoms with Crippen molar-refractivity contribution >= 4 is 22.5 Å². The number of urea groups is 1. The largest absolute Gasteiger partial charge is 0.396 e. The molecule has 2 amide bonds. The van der Waals surface area contributed by atoms with Crippen LogP contribution in [-0.2, 0) is 0 Å². The monoisotopic (exact) mass is 332 g/mol. The van der Waals surface area contributed by atoms with Crippen molar-refractivity contribution in [3.05, 3.63) is 40.9 Å². The summed E-state index contributed by atoms with van der Waals surface area (Å²) in [6.45, 7) is 0.105. The molecule has 1 atom stereocenters. The van der Waals surface area contributed by atoms with Crippen LogP contribution in [-0.4, -0.2) is 27.9 Å². The summed E-state index contributed by atoms with van der Waals surface area (Å²) in [5.74, 6) is 0.535. The molecule has 1 unspecified atom stereocenters. The Hall–Kier alpha value is -1.99. The molecule has 0 saturated heterocycles. The maximum Gasteiger partial charge on any atom is 0.321 e. The lowest BCUT2D eigenvalue weighted by Crippen LogP contribution is -2.32. The molecule has 7 heteroatoms. The van der Waals surface area contributed by atoms with Crippen molar-refractivity contribution in [1.29, 1.82) is 0 Å². The summed E-state index contributed by atoms with van der Waals surface area (Å²) in [5, 5.41) is 24.4. The third-order valence-corrected chi connectivity index (χ3v) is 4.75. The van der Waals surface area contributed by atoms with Gasteiger partial charge in [-0.1, -0.05) is 41.7 Å². The van der Waals surface area contributed by atoms with Crippen molar-refractivity contribution in [3.8, 4) is 0 Å². The first-order chi connectivity index (χ1) is 11.3. The molecular formula is C16H20N4O2S. The second kappa shape index (κ2) is 7.52. The van der Waals surface area contributed by atoms with Crippen LogP contribution in [0.1, 0.15) is 48.2 Å². The first kappa shape index (κ1) is 15.9. The Balaban J connectivity index is 1.60.